The molecular formula is C14H23NO2. The first-order valence-electron chi connectivity index (χ1n) is 6.05. The molecule has 3 nitrogen and oxygen atoms in total. The maximum atomic E-state index is 5.36. The van der Waals surface area contributed by atoms with Crippen LogP contribution in [0.25, 0.3) is 0 Å². The molecule has 0 aliphatic carbocycles. The minimum absolute atomic E-state index is 0.514. The molecule has 3 heteroatoms. The van der Waals surface area contributed by atoms with Gasteiger partial charge in [-0.2, -0.15) is 0 Å². The average molecular weight is 237 g/mol. The van der Waals surface area contributed by atoms with Crippen LogP contribution in [-0.4, -0.2) is 27.8 Å². The van der Waals surface area contributed by atoms with Crippen LogP contribution >= 0.6 is 0 Å². The normalized spacial score (nSPS) is 12.3. The molecule has 1 aromatic rings. The Labute approximate surface area is 104 Å². The van der Waals surface area contributed by atoms with Gasteiger partial charge in [-0.05, 0) is 49.6 Å². The molecule has 1 atom stereocenters. The molecule has 1 unspecified atom stereocenters. The van der Waals surface area contributed by atoms with Gasteiger partial charge in [0.15, 0.2) is 11.5 Å². The molecule has 17 heavy (non-hydrogen) atoms. The molecular weight excluding hydrogens is 214 g/mol. The topological polar surface area (TPSA) is 30.5 Å². The molecule has 0 amide bonds. The van der Waals surface area contributed by atoms with Crippen molar-refractivity contribution in [3.63, 3.8) is 0 Å². The number of rotatable bonds is 6. The van der Waals surface area contributed by atoms with Gasteiger partial charge in [-0.25, -0.2) is 0 Å². The molecule has 0 aromatic heterocycles. The molecule has 0 saturated heterocycles. The summed E-state index contributed by atoms with van der Waals surface area (Å²) in [7, 11) is 5.33. The van der Waals surface area contributed by atoms with Gasteiger partial charge >= 0.3 is 0 Å². The fraction of sp³-hybridized carbons (Fsp3) is 0.571. The molecule has 0 aliphatic heterocycles. The minimum atomic E-state index is 0.514. The van der Waals surface area contributed by atoms with Gasteiger partial charge in [0.1, 0.15) is 0 Å². The largest absolute Gasteiger partial charge is 0.493 e. The smallest absolute Gasteiger partial charge is 0.161 e. The van der Waals surface area contributed by atoms with Crippen LogP contribution in [0.2, 0.25) is 0 Å². The highest BCUT2D eigenvalue weighted by molar-refractivity contribution is 5.48. The van der Waals surface area contributed by atoms with E-state index in [2.05, 4.69) is 25.2 Å². The number of hydrogen-bond acceptors (Lipinski definition) is 3. The van der Waals surface area contributed by atoms with E-state index in [1.54, 1.807) is 14.2 Å². The summed E-state index contributed by atoms with van der Waals surface area (Å²) in [6, 6.07) is 4.14. The monoisotopic (exact) mass is 237 g/mol. The first kappa shape index (κ1) is 13.8. The zero-order valence-electron chi connectivity index (χ0n) is 11.5. The highest BCUT2D eigenvalue weighted by Gasteiger charge is 2.15. The van der Waals surface area contributed by atoms with Gasteiger partial charge in [-0.15, -0.1) is 0 Å². The standard InChI is InChI=1S/C14H23NO2/c1-6-11(9-15-3)12-8-14(17-5)13(16-4)7-10(12)2/h7-8,11,15H,6,9H2,1-5H3. The first-order valence-corrected chi connectivity index (χ1v) is 6.05. The molecule has 96 valence electrons. The van der Waals surface area contributed by atoms with Gasteiger partial charge in [0.05, 0.1) is 14.2 Å². The van der Waals surface area contributed by atoms with E-state index in [1.165, 1.54) is 11.1 Å². The zero-order chi connectivity index (χ0) is 12.8. The SMILES string of the molecule is CCC(CNC)c1cc(OC)c(OC)cc1C. The quantitative estimate of drug-likeness (QED) is 0.825. The summed E-state index contributed by atoms with van der Waals surface area (Å²) in [6.45, 7) is 5.31. The Hall–Kier alpha value is -1.22. The van der Waals surface area contributed by atoms with Gasteiger partial charge in [-0.3, -0.25) is 0 Å². The molecule has 1 aromatic carbocycles. The Kier molecular flexibility index (Phi) is 5.29. The third-order valence-corrected chi connectivity index (χ3v) is 3.16. The molecule has 0 saturated carbocycles. The third-order valence-electron chi connectivity index (χ3n) is 3.16. The lowest BCUT2D eigenvalue weighted by atomic mass is 9.92. The summed E-state index contributed by atoms with van der Waals surface area (Å²) < 4.78 is 10.7. The Morgan fingerprint density at radius 1 is 1.18 bits per heavy atom. The van der Waals surface area contributed by atoms with Crippen molar-refractivity contribution in [1.29, 1.82) is 0 Å². The molecule has 1 rings (SSSR count). The molecule has 0 heterocycles. The Balaban J connectivity index is 3.14. The van der Waals surface area contributed by atoms with Crippen LogP contribution in [0.5, 0.6) is 11.5 Å². The van der Waals surface area contributed by atoms with E-state index in [4.69, 9.17) is 9.47 Å². The Morgan fingerprint density at radius 2 is 1.76 bits per heavy atom. The maximum absolute atomic E-state index is 5.36. The molecule has 0 radical (unpaired) electrons. The van der Waals surface area contributed by atoms with Crippen LogP contribution in [0.3, 0.4) is 0 Å². The van der Waals surface area contributed by atoms with Crippen molar-refractivity contribution < 1.29 is 9.47 Å². The summed E-state index contributed by atoms with van der Waals surface area (Å²) in [4.78, 5) is 0. The summed E-state index contributed by atoms with van der Waals surface area (Å²) in [5.74, 6) is 2.12. The van der Waals surface area contributed by atoms with Crippen molar-refractivity contribution in [2.24, 2.45) is 0 Å². The van der Waals surface area contributed by atoms with Crippen LogP contribution < -0.4 is 14.8 Å². The first-order chi connectivity index (χ1) is 8.17. The van der Waals surface area contributed by atoms with E-state index >= 15 is 0 Å². The second kappa shape index (κ2) is 6.50. The second-order valence-corrected chi connectivity index (χ2v) is 4.23. The van der Waals surface area contributed by atoms with Crippen LogP contribution in [0.1, 0.15) is 30.4 Å². The van der Waals surface area contributed by atoms with Crippen LogP contribution in [0, 0.1) is 6.92 Å². The van der Waals surface area contributed by atoms with Crippen molar-refractivity contribution in [2.45, 2.75) is 26.2 Å². The molecule has 0 spiro atoms. The number of likely N-dealkylation sites (N-methyl/N-ethyl adjacent to an activating group) is 1. The number of methoxy groups -OCH3 is 2. The van der Waals surface area contributed by atoms with E-state index in [1.807, 2.05) is 13.1 Å². The summed E-state index contributed by atoms with van der Waals surface area (Å²) in [5, 5.41) is 3.24. The molecule has 0 fully saturated rings. The predicted octanol–water partition coefficient (Wildman–Crippen LogP) is 2.73. The summed E-state index contributed by atoms with van der Waals surface area (Å²) in [6.07, 6.45) is 1.11. The number of hydrogen-bond donors (Lipinski definition) is 1. The Morgan fingerprint density at radius 3 is 2.24 bits per heavy atom. The van der Waals surface area contributed by atoms with Gasteiger partial charge in [-0.1, -0.05) is 6.92 Å². The van der Waals surface area contributed by atoms with Crippen LogP contribution in [0.15, 0.2) is 12.1 Å². The average Bonchev–Trinajstić information content (AvgIpc) is 2.36. The van der Waals surface area contributed by atoms with Gasteiger partial charge in [0, 0.05) is 6.54 Å². The van der Waals surface area contributed by atoms with E-state index in [0.717, 1.165) is 24.5 Å². The summed E-state index contributed by atoms with van der Waals surface area (Å²) >= 11 is 0. The lowest BCUT2D eigenvalue weighted by molar-refractivity contribution is 0.353. The number of aryl methyl sites for hydroxylation is 1. The van der Waals surface area contributed by atoms with Crippen LogP contribution in [0.4, 0.5) is 0 Å². The van der Waals surface area contributed by atoms with Crippen molar-refractivity contribution in [3.8, 4) is 11.5 Å². The zero-order valence-corrected chi connectivity index (χ0v) is 11.5. The van der Waals surface area contributed by atoms with Crippen LogP contribution in [-0.2, 0) is 0 Å². The maximum Gasteiger partial charge on any atom is 0.161 e. The fourth-order valence-corrected chi connectivity index (χ4v) is 2.16. The Bertz CT molecular complexity index is 363. The molecule has 0 aliphatic rings. The fourth-order valence-electron chi connectivity index (χ4n) is 2.16. The highest BCUT2D eigenvalue weighted by Crippen LogP contribution is 2.34. The number of ether oxygens (including phenoxy) is 2. The van der Waals surface area contributed by atoms with E-state index < -0.39 is 0 Å². The molecule has 1 N–H and O–H groups in total. The lowest BCUT2D eigenvalue weighted by Crippen LogP contribution is -2.17. The minimum Gasteiger partial charge on any atom is -0.493 e. The number of nitrogens with one attached hydrogen (secondary N) is 1. The number of benzene rings is 1. The van der Waals surface area contributed by atoms with Crippen molar-refractivity contribution in [3.05, 3.63) is 23.3 Å². The van der Waals surface area contributed by atoms with Gasteiger partial charge < -0.3 is 14.8 Å². The predicted molar refractivity (Wildman–Crippen MR) is 71.2 cm³/mol. The second-order valence-electron chi connectivity index (χ2n) is 4.23. The molecule has 0 bridgehead atoms. The van der Waals surface area contributed by atoms with Gasteiger partial charge in [0.25, 0.3) is 0 Å². The van der Waals surface area contributed by atoms with Crippen molar-refractivity contribution >= 4 is 0 Å². The van der Waals surface area contributed by atoms with E-state index in [9.17, 15) is 0 Å². The lowest BCUT2D eigenvalue weighted by Gasteiger charge is -2.19. The van der Waals surface area contributed by atoms with E-state index in [0.29, 0.717) is 5.92 Å². The summed E-state index contributed by atoms with van der Waals surface area (Å²) in [5.41, 5.74) is 2.59. The van der Waals surface area contributed by atoms with E-state index in [-0.39, 0.29) is 0 Å². The van der Waals surface area contributed by atoms with Crippen molar-refractivity contribution in [1.82, 2.24) is 5.32 Å². The van der Waals surface area contributed by atoms with Crippen molar-refractivity contribution in [2.75, 3.05) is 27.8 Å². The third kappa shape index (κ3) is 3.13. The highest BCUT2D eigenvalue weighted by atomic mass is 16.5. The van der Waals surface area contributed by atoms with Gasteiger partial charge in [0.2, 0.25) is 0 Å².